The van der Waals surface area contributed by atoms with Gasteiger partial charge >= 0.3 is 6.03 Å². The van der Waals surface area contributed by atoms with Crippen molar-refractivity contribution in [3.05, 3.63) is 59.2 Å². The van der Waals surface area contributed by atoms with Gasteiger partial charge in [-0.2, -0.15) is 0 Å². The van der Waals surface area contributed by atoms with Crippen LogP contribution in [-0.2, 0) is 0 Å². The van der Waals surface area contributed by atoms with Crippen LogP contribution in [0.1, 0.15) is 27.5 Å². The second-order valence-corrected chi connectivity index (χ2v) is 6.45. The van der Waals surface area contributed by atoms with E-state index >= 15 is 0 Å². The summed E-state index contributed by atoms with van der Waals surface area (Å²) in [6.45, 7) is 2.48. The number of nitrogens with one attached hydrogen (secondary N) is 2. The first kappa shape index (κ1) is 20.3. The summed E-state index contributed by atoms with van der Waals surface area (Å²) in [4.78, 5) is 25.9. The number of nitrogens with two attached hydrogens (primary N) is 1. The molecule has 3 amide bonds. The maximum absolute atomic E-state index is 12.3. The Balaban J connectivity index is 2.06. The number of ether oxygens (including phenoxy) is 1. The van der Waals surface area contributed by atoms with Crippen molar-refractivity contribution in [3.8, 4) is 5.75 Å². The predicted octanol–water partition coefficient (Wildman–Crippen LogP) is 2.53. The molecule has 0 spiro atoms. The van der Waals surface area contributed by atoms with Crippen LogP contribution in [0.25, 0.3) is 0 Å². The molecule has 0 aromatic heterocycles. The van der Waals surface area contributed by atoms with Gasteiger partial charge in [-0.1, -0.05) is 24.3 Å². The van der Waals surface area contributed by atoms with Gasteiger partial charge in [0, 0.05) is 12.2 Å². The monoisotopic (exact) mass is 370 g/mol. The third kappa shape index (κ3) is 5.21. The van der Waals surface area contributed by atoms with Gasteiger partial charge in [-0.15, -0.1) is 0 Å². The lowest BCUT2D eigenvalue weighted by molar-refractivity contribution is 0.0997. The van der Waals surface area contributed by atoms with Gasteiger partial charge in [-0.05, 0) is 50.3 Å². The number of hydrogen-bond acceptors (Lipinski definition) is 4. The summed E-state index contributed by atoms with van der Waals surface area (Å²) < 4.78 is 5.10. The van der Waals surface area contributed by atoms with E-state index in [0.717, 1.165) is 5.56 Å². The highest BCUT2D eigenvalue weighted by atomic mass is 16.5. The van der Waals surface area contributed by atoms with E-state index in [9.17, 15) is 9.59 Å². The molecule has 0 aliphatic rings. The lowest BCUT2D eigenvalue weighted by Crippen LogP contribution is -2.37. The Morgan fingerprint density at radius 2 is 1.89 bits per heavy atom. The number of benzene rings is 2. The van der Waals surface area contributed by atoms with Crippen molar-refractivity contribution in [2.45, 2.75) is 13.0 Å². The van der Waals surface area contributed by atoms with Crippen molar-refractivity contribution in [3.63, 3.8) is 0 Å². The second-order valence-electron chi connectivity index (χ2n) is 6.45. The molecular weight excluding hydrogens is 344 g/mol. The van der Waals surface area contributed by atoms with Crippen LogP contribution in [0.2, 0.25) is 0 Å². The number of nitrogens with zero attached hydrogens (tertiary/aromatic N) is 1. The zero-order chi connectivity index (χ0) is 20.0. The highest BCUT2D eigenvalue weighted by Crippen LogP contribution is 2.23. The minimum atomic E-state index is -0.622. The summed E-state index contributed by atoms with van der Waals surface area (Å²) in [5, 5.41) is 5.59. The first-order chi connectivity index (χ1) is 12.8. The van der Waals surface area contributed by atoms with Gasteiger partial charge in [0.25, 0.3) is 5.91 Å². The molecule has 2 rings (SSSR count). The van der Waals surface area contributed by atoms with E-state index in [1.807, 2.05) is 26.2 Å². The largest absolute Gasteiger partial charge is 0.496 e. The number of anilines is 1. The molecular formula is C20H26N4O3. The number of rotatable bonds is 7. The third-order valence-electron chi connectivity index (χ3n) is 4.35. The average molecular weight is 370 g/mol. The number of urea groups is 1. The van der Waals surface area contributed by atoms with E-state index in [4.69, 9.17) is 10.5 Å². The Labute approximate surface area is 159 Å². The van der Waals surface area contributed by atoms with Crippen LogP contribution >= 0.6 is 0 Å². The van der Waals surface area contributed by atoms with Gasteiger partial charge < -0.3 is 26.0 Å². The van der Waals surface area contributed by atoms with E-state index in [1.165, 1.54) is 18.7 Å². The zero-order valence-corrected chi connectivity index (χ0v) is 16.1. The summed E-state index contributed by atoms with van der Waals surface area (Å²) in [6.07, 6.45) is 0. The molecule has 0 radical (unpaired) electrons. The number of amides is 3. The Morgan fingerprint density at radius 3 is 2.48 bits per heavy atom. The molecule has 0 bridgehead atoms. The van der Waals surface area contributed by atoms with Crippen molar-refractivity contribution < 1.29 is 14.3 Å². The minimum absolute atomic E-state index is 0.0361. The maximum atomic E-state index is 12.3. The fourth-order valence-electron chi connectivity index (χ4n) is 2.87. The summed E-state index contributed by atoms with van der Waals surface area (Å²) in [6, 6.07) is 12.5. The summed E-state index contributed by atoms with van der Waals surface area (Å²) in [5.41, 5.74) is 8.34. The number of hydrogen-bond donors (Lipinski definition) is 3. The Hall–Kier alpha value is -3.06. The molecule has 27 heavy (non-hydrogen) atoms. The molecule has 0 unspecified atom stereocenters. The van der Waals surface area contributed by atoms with Crippen molar-refractivity contribution in [2.75, 3.05) is 33.1 Å². The van der Waals surface area contributed by atoms with Gasteiger partial charge in [0.05, 0.1) is 18.7 Å². The normalized spacial score (nSPS) is 11.7. The molecule has 0 heterocycles. The molecule has 0 aliphatic carbocycles. The van der Waals surface area contributed by atoms with Crippen LogP contribution in [0.5, 0.6) is 5.75 Å². The van der Waals surface area contributed by atoms with E-state index < -0.39 is 5.91 Å². The van der Waals surface area contributed by atoms with Crippen molar-refractivity contribution in [1.29, 1.82) is 0 Å². The molecule has 0 saturated heterocycles. The van der Waals surface area contributed by atoms with Gasteiger partial charge in [0.1, 0.15) is 5.75 Å². The van der Waals surface area contributed by atoms with Crippen LogP contribution in [-0.4, -0.2) is 44.6 Å². The lowest BCUT2D eigenvalue weighted by Gasteiger charge is -2.26. The SMILES string of the molecule is COc1ccc(NC(=O)NC[C@@H](c2ccccc2C)N(C)C)cc1C(N)=O. The third-order valence-corrected chi connectivity index (χ3v) is 4.35. The quantitative estimate of drug-likeness (QED) is 0.698. The van der Waals surface area contributed by atoms with Crippen molar-refractivity contribution in [2.24, 2.45) is 5.73 Å². The molecule has 0 aliphatic heterocycles. The maximum Gasteiger partial charge on any atom is 0.319 e. The summed E-state index contributed by atoms with van der Waals surface area (Å²) >= 11 is 0. The standard InChI is InChI=1S/C20H26N4O3/c1-13-7-5-6-8-15(13)17(24(2)3)12-22-20(26)23-14-9-10-18(27-4)16(11-14)19(21)25/h5-11,17H,12H2,1-4H3,(H2,21,25)(H2,22,23,26)/t17-/m0/s1. The Kier molecular flexibility index (Phi) is 6.79. The number of likely N-dealkylation sites (N-methyl/N-ethyl adjacent to an activating group) is 1. The van der Waals surface area contributed by atoms with Crippen LogP contribution in [0.4, 0.5) is 10.5 Å². The summed E-state index contributed by atoms with van der Waals surface area (Å²) in [7, 11) is 5.40. The fourth-order valence-corrected chi connectivity index (χ4v) is 2.87. The Morgan fingerprint density at radius 1 is 1.19 bits per heavy atom. The molecule has 144 valence electrons. The molecule has 7 heteroatoms. The van der Waals surface area contributed by atoms with Crippen molar-refractivity contribution >= 4 is 17.6 Å². The topological polar surface area (TPSA) is 96.7 Å². The van der Waals surface area contributed by atoms with Crippen LogP contribution in [0.15, 0.2) is 42.5 Å². The first-order valence-electron chi connectivity index (χ1n) is 8.58. The summed E-state index contributed by atoms with van der Waals surface area (Å²) in [5.74, 6) is -0.260. The molecule has 2 aromatic carbocycles. The number of aryl methyl sites for hydroxylation is 1. The molecule has 7 nitrogen and oxygen atoms in total. The van der Waals surface area contributed by atoms with E-state index in [2.05, 4.69) is 34.6 Å². The predicted molar refractivity (Wildman–Crippen MR) is 106 cm³/mol. The van der Waals surface area contributed by atoms with E-state index in [0.29, 0.717) is 18.0 Å². The molecule has 0 saturated carbocycles. The van der Waals surface area contributed by atoms with Crippen LogP contribution in [0, 0.1) is 6.92 Å². The van der Waals surface area contributed by atoms with Gasteiger partial charge in [0.15, 0.2) is 0 Å². The highest BCUT2D eigenvalue weighted by molar-refractivity contribution is 5.98. The van der Waals surface area contributed by atoms with E-state index in [1.54, 1.807) is 12.1 Å². The van der Waals surface area contributed by atoms with E-state index in [-0.39, 0.29) is 17.6 Å². The Bertz CT molecular complexity index is 821. The van der Waals surface area contributed by atoms with Crippen molar-refractivity contribution in [1.82, 2.24) is 10.2 Å². The molecule has 2 aromatic rings. The average Bonchev–Trinajstić information content (AvgIpc) is 2.63. The number of primary amides is 1. The number of carbonyl (C=O) groups excluding carboxylic acids is 2. The lowest BCUT2D eigenvalue weighted by atomic mass is 10.0. The molecule has 0 fully saturated rings. The van der Waals surface area contributed by atoms with Gasteiger partial charge in [0.2, 0.25) is 0 Å². The van der Waals surface area contributed by atoms with Gasteiger partial charge in [-0.3, -0.25) is 4.79 Å². The fraction of sp³-hybridized carbons (Fsp3) is 0.300. The van der Waals surface area contributed by atoms with Gasteiger partial charge in [-0.25, -0.2) is 4.79 Å². The van der Waals surface area contributed by atoms with Crippen LogP contribution < -0.4 is 21.1 Å². The second kappa shape index (κ2) is 9.05. The first-order valence-corrected chi connectivity index (χ1v) is 8.58. The molecule has 4 N–H and O–H groups in total. The highest BCUT2D eigenvalue weighted by Gasteiger charge is 2.17. The smallest absolute Gasteiger partial charge is 0.319 e. The van der Waals surface area contributed by atoms with Crippen LogP contribution in [0.3, 0.4) is 0 Å². The molecule has 1 atom stereocenters. The number of methoxy groups -OCH3 is 1. The zero-order valence-electron chi connectivity index (χ0n) is 16.1. The minimum Gasteiger partial charge on any atom is -0.496 e. The number of carbonyl (C=O) groups is 2.